The summed E-state index contributed by atoms with van der Waals surface area (Å²) in [7, 11) is 3.55. The maximum atomic E-state index is 13.1. The molecule has 11 nitrogen and oxygen atoms in total. The van der Waals surface area contributed by atoms with Gasteiger partial charge in [-0.2, -0.15) is 10.5 Å². The number of hydrogen-bond donors (Lipinski definition) is 0. The van der Waals surface area contributed by atoms with E-state index in [1.807, 2.05) is 24.1 Å². The van der Waals surface area contributed by atoms with Crippen LogP contribution in [0.15, 0.2) is 35.1 Å². The van der Waals surface area contributed by atoms with Crippen LogP contribution in [0.4, 0.5) is 11.4 Å². The maximum Gasteiger partial charge on any atom is 0.270 e. The Hall–Kier alpha value is -4.32. The fraction of sp³-hybridized carbons (Fsp3) is 0.467. The zero-order valence-corrected chi connectivity index (χ0v) is 23.2. The summed E-state index contributed by atoms with van der Waals surface area (Å²) in [6, 6.07) is 13.9. The monoisotopic (exact) mass is 556 g/mol. The SMILES string of the molecule is CN(c1c(C#N)c(=O)n(C)c2ccc(C#N)nc12)C1CCC(N(CC2COCCO2)c2ccc3c(c2)OCO3)CC1. The Labute approximate surface area is 238 Å². The molecule has 0 bridgehead atoms. The predicted molar refractivity (Wildman–Crippen MR) is 151 cm³/mol. The van der Waals surface area contributed by atoms with E-state index in [1.165, 1.54) is 4.57 Å². The molecule has 0 spiro atoms. The number of rotatable bonds is 6. The molecule has 0 N–H and O–H groups in total. The van der Waals surface area contributed by atoms with Crippen molar-refractivity contribution in [2.24, 2.45) is 7.05 Å². The second kappa shape index (κ2) is 11.3. The summed E-state index contributed by atoms with van der Waals surface area (Å²) >= 11 is 0. The van der Waals surface area contributed by atoms with Gasteiger partial charge in [-0.05, 0) is 49.9 Å². The molecule has 1 saturated heterocycles. The van der Waals surface area contributed by atoms with E-state index in [0.717, 1.165) is 42.9 Å². The standard InChI is InChI=1S/C30H32N6O5/c1-34(29-24(15-32)30(37)35(2)25-9-3-19(14-31)33-28(25)29)20-4-6-21(7-5-20)36(16-23-17-38-11-12-39-23)22-8-10-26-27(13-22)41-18-40-26/h3,8-10,13,20-21,23H,4-7,11-12,16-18H2,1-2H3. The minimum Gasteiger partial charge on any atom is -0.454 e. The van der Waals surface area contributed by atoms with Crippen molar-refractivity contribution in [2.45, 2.75) is 43.9 Å². The first-order valence-corrected chi connectivity index (χ1v) is 13.9. The third-order valence-corrected chi connectivity index (χ3v) is 8.42. The van der Waals surface area contributed by atoms with Crippen LogP contribution in [0.3, 0.4) is 0 Å². The Kier molecular flexibility index (Phi) is 7.39. The summed E-state index contributed by atoms with van der Waals surface area (Å²) in [6.07, 6.45) is 3.48. The van der Waals surface area contributed by atoms with Crippen molar-refractivity contribution in [3.63, 3.8) is 0 Å². The second-order valence-corrected chi connectivity index (χ2v) is 10.7. The topological polar surface area (TPSA) is 126 Å². The zero-order chi connectivity index (χ0) is 28.5. The van der Waals surface area contributed by atoms with E-state index >= 15 is 0 Å². The molecule has 1 unspecified atom stereocenters. The Morgan fingerprint density at radius 2 is 1.80 bits per heavy atom. The largest absolute Gasteiger partial charge is 0.454 e. The van der Waals surface area contributed by atoms with Gasteiger partial charge in [0.1, 0.15) is 28.9 Å². The molecule has 0 amide bonds. The minimum atomic E-state index is -0.370. The average Bonchev–Trinajstić information content (AvgIpc) is 3.49. The molecule has 1 aromatic carbocycles. The highest BCUT2D eigenvalue weighted by atomic mass is 16.7. The van der Waals surface area contributed by atoms with E-state index in [4.69, 9.17) is 18.9 Å². The molecule has 212 valence electrons. The van der Waals surface area contributed by atoms with E-state index in [-0.39, 0.29) is 41.8 Å². The molecule has 1 saturated carbocycles. The van der Waals surface area contributed by atoms with Crippen molar-refractivity contribution in [1.29, 1.82) is 10.5 Å². The van der Waals surface area contributed by atoms with Crippen LogP contribution in [-0.2, 0) is 16.5 Å². The molecule has 3 aliphatic rings. The van der Waals surface area contributed by atoms with Crippen LogP contribution in [-0.4, -0.2) is 67.9 Å². The third kappa shape index (κ3) is 5.03. The van der Waals surface area contributed by atoms with Crippen molar-refractivity contribution in [1.82, 2.24) is 9.55 Å². The number of fused-ring (bicyclic) bond motifs is 2. The number of benzene rings is 1. The molecule has 2 fully saturated rings. The molecule has 1 atom stereocenters. The van der Waals surface area contributed by atoms with Gasteiger partial charge in [0.2, 0.25) is 6.79 Å². The average molecular weight is 557 g/mol. The fourth-order valence-corrected chi connectivity index (χ4v) is 6.23. The minimum absolute atomic E-state index is 0.0277. The van der Waals surface area contributed by atoms with Gasteiger partial charge in [0, 0.05) is 44.5 Å². The lowest BCUT2D eigenvalue weighted by atomic mass is 9.88. The molecule has 2 aliphatic heterocycles. The van der Waals surface area contributed by atoms with Crippen LogP contribution in [0, 0.1) is 22.7 Å². The number of aryl methyl sites for hydroxylation is 1. The van der Waals surface area contributed by atoms with Crippen LogP contribution in [0.5, 0.6) is 11.5 Å². The van der Waals surface area contributed by atoms with Crippen molar-refractivity contribution >= 4 is 22.4 Å². The number of nitriles is 2. The summed E-state index contributed by atoms with van der Waals surface area (Å²) in [5.74, 6) is 1.49. The lowest BCUT2D eigenvalue weighted by Crippen LogP contribution is -2.48. The van der Waals surface area contributed by atoms with Crippen LogP contribution >= 0.6 is 0 Å². The summed E-state index contributed by atoms with van der Waals surface area (Å²) in [4.78, 5) is 22.1. The van der Waals surface area contributed by atoms with E-state index in [0.29, 0.717) is 43.1 Å². The van der Waals surface area contributed by atoms with Crippen molar-refractivity contribution in [3.8, 4) is 23.6 Å². The first-order chi connectivity index (χ1) is 20.0. The molecule has 4 heterocycles. The smallest absolute Gasteiger partial charge is 0.270 e. The first kappa shape index (κ1) is 26.9. The summed E-state index contributed by atoms with van der Waals surface area (Å²) in [5.41, 5.74) is 2.54. The van der Waals surface area contributed by atoms with E-state index in [1.54, 1.807) is 19.2 Å². The van der Waals surface area contributed by atoms with Crippen LogP contribution < -0.4 is 24.8 Å². The van der Waals surface area contributed by atoms with Crippen LogP contribution in [0.1, 0.15) is 36.9 Å². The highest BCUT2D eigenvalue weighted by Crippen LogP contribution is 2.39. The van der Waals surface area contributed by atoms with Crippen molar-refractivity contribution in [3.05, 3.63) is 51.9 Å². The Balaban J connectivity index is 1.27. The second-order valence-electron chi connectivity index (χ2n) is 10.7. The van der Waals surface area contributed by atoms with Gasteiger partial charge in [0.05, 0.1) is 37.1 Å². The highest BCUT2D eigenvalue weighted by molar-refractivity contribution is 5.92. The number of aromatic nitrogens is 2. The van der Waals surface area contributed by atoms with E-state index in [2.05, 4.69) is 28.1 Å². The van der Waals surface area contributed by atoms with Crippen molar-refractivity contribution in [2.75, 3.05) is 50.0 Å². The molecule has 6 rings (SSSR count). The molecular formula is C30H32N6O5. The third-order valence-electron chi connectivity index (χ3n) is 8.42. The molecule has 41 heavy (non-hydrogen) atoms. The normalized spacial score (nSPS) is 21.7. The zero-order valence-electron chi connectivity index (χ0n) is 23.2. The molecule has 0 radical (unpaired) electrons. The van der Waals surface area contributed by atoms with Crippen LogP contribution in [0.2, 0.25) is 0 Å². The van der Waals surface area contributed by atoms with E-state index < -0.39 is 0 Å². The van der Waals surface area contributed by atoms with Crippen molar-refractivity contribution < 1.29 is 18.9 Å². The number of ether oxygens (including phenoxy) is 4. The van der Waals surface area contributed by atoms with Gasteiger partial charge in [-0.15, -0.1) is 0 Å². The maximum absolute atomic E-state index is 13.1. The molecule has 3 aromatic rings. The number of hydrogen-bond acceptors (Lipinski definition) is 10. The van der Waals surface area contributed by atoms with Gasteiger partial charge in [-0.3, -0.25) is 4.79 Å². The predicted octanol–water partition coefficient (Wildman–Crippen LogP) is 3.07. The number of pyridine rings is 2. The fourth-order valence-electron chi connectivity index (χ4n) is 6.23. The van der Waals surface area contributed by atoms with Crippen LogP contribution in [0.25, 0.3) is 11.0 Å². The quantitative estimate of drug-likeness (QED) is 0.447. The summed E-state index contributed by atoms with van der Waals surface area (Å²) in [6.45, 7) is 2.69. The lowest BCUT2D eigenvalue weighted by molar-refractivity contribution is -0.0846. The summed E-state index contributed by atoms with van der Waals surface area (Å²) in [5, 5.41) is 19.5. The van der Waals surface area contributed by atoms with Gasteiger partial charge >= 0.3 is 0 Å². The summed E-state index contributed by atoms with van der Waals surface area (Å²) < 4.78 is 24.3. The Morgan fingerprint density at radius 1 is 1.02 bits per heavy atom. The first-order valence-electron chi connectivity index (χ1n) is 13.9. The highest BCUT2D eigenvalue weighted by Gasteiger charge is 2.33. The molecule has 2 aromatic heterocycles. The van der Waals surface area contributed by atoms with Gasteiger partial charge < -0.3 is 33.3 Å². The van der Waals surface area contributed by atoms with Gasteiger partial charge in [0.25, 0.3) is 5.56 Å². The lowest BCUT2D eigenvalue weighted by Gasteiger charge is -2.43. The number of nitrogens with zero attached hydrogens (tertiary/aromatic N) is 6. The van der Waals surface area contributed by atoms with Gasteiger partial charge in [0.15, 0.2) is 11.5 Å². The Bertz CT molecular complexity index is 1590. The molecule has 1 aliphatic carbocycles. The Morgan fingerprint density at radius 3 is 2.54 bits per heavy atom. The van der Waals surface area contributed by atoms with Gasteiger partial charge in [-0.1, -0.05) is 0 Å². The molecule has 11 heteroatoms. The number of anilines is 2. The molecular weight excluding hydrogens is 524 g/mol. The van der Waals surface area contributed by atoms with Gasteiger partial charge in [-0.25, -0.2) is 4.98 Å². The van der Waals surface area contributed by atoms with E-state index in [9.17, 15) is 15.3 Å².